The summed E-state index contributed by atoms with van der Waals surface area (Å²) in [6.45, 7) is 17.8. The number of guanidine groups is 1. The van der Waals surface area contributed by atoms with Crippen LogP contribution in [0.5, 0.6) is 0 Å². The van der Waals surface area contributed by atoms with E-state index in [2.05, 4.69) is 48.2 Å². The maximum Gasteiger partial charge on any atom is 0.193 e. The lowest BCUT2D eigenvalue weighted by Crippen LogP contribution is -2.42. The van der Waals surface area contributed by atoms with Gasteiger partial charge in [-0.05, 0) is 19.3 Å². The van der Waals surface area contributed by atoms with Crippen LogP contribution in [0, 0.1) is 5.92 Å². The molecule has 2 fully saturated rings. The molecule has 6 nitrogen and oxygen atoms in total. The number of hydrogen-bond donors (Lipinski definition) is 1. The first-order valence-corrected chi connectivity index (χ1v) is 11.6. The maximum atomic E-state index is 5.47. The highest BCUT2D eigenvalue weighted by molar-refractivity contribution is 7.09. The van der Waals surface area contributed by atoms with Gasteiger partial charge in [-0.15, -0.1) is 11.3 Å². The summed E-state index contributed by atoms with van der Waals surface area (Å²) in [4.78, 5) is 14.7. The van der Waals surface area contributed by atoms with Gasteiger partial charge in [-0.1, -0.05) is 20.8 Å². The van der Waals surface area contributed by atoms with Crippen molar-refractivity contribution in [1.82, 2.24) is 20.1 Å². The number of aromatic nitrogens is 1. The minimum Gasteiger partial charge on any atom is -0.379 e. The summed E-state index contributed by atoms with van der Waals surface area (Å²) in [5.41, 5.74) is 1.31. The summed E-state index contributed by atoms with van der Waals surface area (Å²) in [6.07, 6.45) is 2.17. The lowest BCUT2D eigenvalue weighted by atomic mass is 9.93. The third-order valence-electron chi connectivity index (χ3n) is 5.45. The monoisotopic (exact) mass is 407 g/mol. The molecule has 0 spiro atoms. The van der Waals surface area contributed by atoms with E-state index in [9.17, 15) is 0 Å². The van der Waals surface area contributed by atoms with Crippen LogP contribution in [0.2, 0.25) is 0 Å². The number of rotatable bonds is 6. The minimum absolute atomic E-state index is 0.123. The van der Waals surface area contributed by atoms with Crippen LogP contribution in [0.1, 0.15) is 44.8 Å². The van der Waals surface area contributed by atoms with Crippen molar-refractivity contribution in [3.05, 3.63) is 16.1 Å². The molecule has 1 aromatic heterocycles. The molecule has 2 aliphatic rings. The molecule has 0 radical (unpaired) electrons. The van der Waals surface area contributed by atoms with Gasteiger partial charge in [-0.3, -0.25) is 9.89 Å². The number of nitrogens with zero attached hydrogens (tertiary/aromatic N) is 4. The van der Waals surface area contributed by atoms with E-state index >= 15 is 0 Å². The van der Waals surface area contributed by atoms with Crippen LogP contribution < -0.4 is 5.32 Å². The van der Waals surface area contributed by atoms with Gasteiger partial charge in [-0.25, -0.2) is 4.98 Å². The molecule has 3 rings (SSSR count). The highest BCUT2D eigenvalue weighted by atomic mass is 32.1. The summed E-state index contributed by atoms with van der Waals surface area (Å²) in [7, 11) is 0. The van der Waals surface area contributed by atoms with Gasteiger partial charge >= 0.3 is 0 Å². The van der Waals surface area contributed by atoms with Gasteiger partial charge in [0.25, 0.3) is 0 Å². The Balaban J connectivity index is 1.50. The zero-order valence-electron chi connectivity index (χ0n) is 18.0. The lowest BCUT2D eigenvalue weighted by Gasteiger charge is -2.29. The summed E-state index contributed by atoms with van der Waals surface area (Å²) < 4.78 is 5.47. The summed E-state index contributed by atoms with van der Waals surface area (Å²) >= 11 is 1.76. The molecule has 2 saturated heterocycles. The molecule has 2 aliphatic heterocycles. The first-order chi connectivity index (χ1) is 13.5. The Labute approximate surface area is 174 Å². The largest absolute Gasteiger partial charge is 0.379 e. The van der Waals surface area contributed by atoms with Crippen molar-refractivity contribution in [3.63, 3.8) is 0 Å². The fourth-order valence-electron chi connectivity index (χ4n) is 3.78. The Kier molecular flexibility index (Phi) is 7.71. The van der Waals surface area contributed by atoms with Crippen molar-refractivity contribution in [1.29, 1.82) is 0 Å². The number of morpholine rings is 1. The van der Waals surface area contributed by atoms with Gasteiger partial charge in [0.05, 0.1) is 23.9 Å². The molecular formula is C21H37N5OS. The summed E-state index contributed by atoms with van der Waals surface area (Å²) in [5.74, 6) is 1.80. The van der Waals surface area contributed by atoms with Crippen molar-refractivity contribution in [2.75, 3.05) is 59.0 Å². The zero-order chi connectivity index (χ0) is 20.0. The minimum atomic E-state index is 0.123. The predicted molar refractivity (Wildman–Crippen MR) is 117 cm³/mol. The van der Waals surface area contributed by atoms with Gasteiger partial charge in [-0.2, -0.15) is 0 Å². The van der Waals surface area contributed by atoms with Crippen LogP contribution in [-0.2, 0) is 16.6 Å². The third kappa shape index (κ3) is 6.16. The van der Waals surface area contributed by atoms with E-state index in [0.29, 0.717) is 0 Å². The van der Waals surface area contributed by atoms with Crippen molar-refractivity contribution in [3.8, 4) is 0 Å². The average molecular weight is 408 g/mol. The fraction of sp³-hybridized carbons (Fsp3) is 0.810. The van der Waals surface area contributed by atoms with Crippen LogP contribution >= 0.6 is 11.3 Å². The summed E-state index contributed by atoms with van der Waals surface area (Å²) in [5, 5.41) is 6.88. The normalized spacial score (nSPS) is 22.1. The van der Waals surface area contributed by atoms with E-state index in [1.807, 2.05) is 0 Å². The van der Waals surface area contributed by atoms with Crippen molar-refractivity contribution in [2.24, 2.45) is 10.9 Å². The number of thiazole rings is 1. The molecule has 28 heavy (non-hydrogen) atoms. The topological polar surface area (TPSA) is 53.0 Å². The Morgan fingerprint density at radius 2 is 2.11 bits per heavy atom. The molecule has 3 heterocycles. The Morgan fingerprint density at radius 3 is 2.79 bits per heavy atom. The van der Waals surface area contributed by atoms with E-state index < -0.39 is 0 Å². The van der Waals surface area contributed by atoms with Crippen LogP contribution in [0.25, 0.3) is 0 Å². The molecule has 1 aromatic rings. The molecule has 1 N–H and O–H groups in total. The second kappa shape index (κ2) is 10.0. The Morgan fingerprint density at radius 1 is 1.32 bits per heavy atom. The molecule has 158 valence electrons. The number of ether oxygens (including phenoxy) is 1. The maximum absolute atomic E-state index is 5.47. The van der Waals surface area contributed by atoms with Crippen LogP contribution in [0.15, 0.2) is 10.4 Å². The number of likely N-dealkylation sites (tertiary alicyclic amines) is 1. The Bertz CT molecular complexity index is 633. The SMILES string of the molecule is CCNC(=NCCc1nc(C(C)(C)C)cs1)N1CCC(CN2CCOCC2)C1. The van der Waals surface area contributed by atoms with Gasteiger partial charge < -0.3 is 15.0 Å². The van der Waals surface area contributed by atoms with Crippen molar-refractivity contribution in [2.45, 2.75) is 46.0 Å². The van der Waals surface area contributed by atoms with E-state index in [0.717, 1.165) is 70.8 Å². The van der Waals surface area contributed by atoms with E-state index in [1.165, 1.54) is 23.7 Å². The van der Waals surface area contributed by atoms with Gasteiger partial charge in [0, 0.05) is 63.0 Å². The molecule has 0 bridgehead atoms. The lowest BCUT2D eigenvalue weighted by molar-refractivity contribution is 0.0315. The van der Waals surface area contributed by atoms with Crippen LogP contribution in [0.3, 0.4) is 0 Å². The van der Waals surface area contributed by atoms with Crippen LogP contribution in [-0.4, -0.2) is 79.8 Å². The third-order valence-corrected chi connectivity index (χ3v) is 6.36. The highest BCUT2D eigenvalue weighted by Crippen LogP contribution is 2.24. The summed E-state index contributed by atoms with van der Waals surface area (Å²) in [6, 6.07) is 0. The van der Waals surface area contributed by atoms with E-state index in [-0.39, 0.29) is 5.41 Å². The predicted octanol–water partition coefficient (Wildman–Crippen LogP) is 2.60. The molecule has 1 unspecified atom stereocenters. The molecular weight excluding hydrogens is 370 g/mol. The molecule has 7 heteroatoms. The quantitative estimate of drug-likeness (QED) is 0.580. The fourth-order valence-corrected chi connectivity index (χ4v) is 4.79. The van der Waals surface area contributed by atoms with E-state index in [1.54, 1.807) is 11.3 Å². The van der Waals surface area contributed by atoms with Crippen LogP contribution in [0.4, 0.5) is 0 Å². The molecule has 1 atom stereocenters. The number of aliphatic imine (C=N–C) groups is 1. The average Bonchev–Trinajstić information content (AvgIpc) is 3.31. The standard InChI is InChI=1S/C21H37N5OS/c1-5-22-20(23-8-6-19-24-18(16-28-19)21(2,3)4)26-9-7-17(15-26)14-25-10-12-27-13-11-25/h16-17H,5-15H2,1-4H3,(H,22,23). The molecule has 0 aromatic carbocycles. The van der Waals surface area contributed by atoms with E-state index in [4.69, 9.17) is 14.7 Å². The zero-order valence-corrected chi connectivity index (χ0v) is 18.9. The second-order valence-corrected chi connectivity index (χ2v) is 9.82. The smallest absolute Gasteiger partial charge is 0.193 e. The first-order valence-electron chi connectivity index (χ1n) is 10.7. The number of hydrogen-bond acceptors (Lipinski definition) is 5. The first kappa shape index (κ1) is 21.5. The molecule has 0 aliphatic carbocycles. The number of nitrogens with one attached hydrogen (secondary N) is 1. The van der Waals surface area contributed by atoms with Gasteiger partial charge in [0.1, 0.15) is 0 Å². The van der Waals surface area contributed by atoms with Crippen molar-refractivity contribution >= 4 is 17.3 Å². The molecule has 0 amide bonds. The van der Waals surface area contributed by atoms with Gasteiger partial charge in [0.15, 0.2) is 5.96 Å². The molecule has 0 saturated carbocycles. The van der Waals surface area contributed by atoms with Gasteiger partial charge in [0.2, 0.25) is 0 Å². The Hall–Kier alpha value is -1.18. The second-order valence-electron chi connectivity index (χ2n) is 8.88. The highest BCUT2D eigenvalue weighted by Gasteiger charge is 2.27. The van der Waals surface area contributed by atoms with Crippen molar-refractivity contribution < 1.29 is 4.74 Å².